The molecule has 2 aromatic rings. The van der Waals surface area contributed by atoms with Crippen molar-refractivity contribution < 1.29 is 14.3 Å². The lowest BCUT2D eigenvalue weighted by atomic mass is 10.0. The predicted octanol–water partition coefficient (Wildman–Crippen LogP) is 4.72. The maximum Gasteiger partial charge on any atom is 0.258 e. The first kappa shape index (κ1) is 22.4. The molecule has 3 rings (SSSR count). The molecule has 0 spiro atoms. The molecule has 1 fully saturated rings. The molecule has 160 valence electrons. The van der Waals surface area contributed by atoms with Crippen LogP contribution in [0.25, 0.3) is 0 Å². The van der Waals surface area contributed by atoms with Gasteiger partial charge in [-0.2, -0.15) is 0 Å². The Balaban J connectivity index is 1.48. The van der Waals surface area contributed by atoms with Gasteiger partial charge in [0.25, 0.3) is 11.8 Å². The molecule has 2 amide bonds. The van der Waals surface area contributed by atoms with Crippen molar-refractivity contribution in [1.29, 1.82) is 0 Å². The summed E-state index contributed by atoms with van der Waals surface area (Å²) in [6.45, 7) is 7.11. The highest BCUT2D eigenvalue weighted by atomic mass is 35.5. The molecule has 0 bridgehead atoms. The zero-order valence-corrected chi connectivity index (χ0v) is 18.9. The molecule has 0 atom stereocenters. The van der Waals surface area contributed by atoms with Gasteiger partial charge in [0.05, 0.1) is 10.0 Å². The second-order valence-corrected chi connectivity index (χ2v) is 8.52. The summed E-state index contributed by atoms with van der Waals surface area (Å²) in [7, 11) is 0. The third kappa shape index (κ3) is 5.27. The highest BCUT2D eigenvalue weighted by molar-refractivity contribution is 6.42. The van der Waals surface area contributed by atoms with Crippen molar-refractivity contribution in [2.24, 2.45) is 0 Å². The maximum absolute atomic E-state index is 12.7. The van der Waals surface area contributed by atoms with E-state index < -0.39 is 0 Å². The number of halogens is 2. The third-order valence-corrected chi connectivity index (χ3v) is 6.27. The lowest BCUT2D eigenvalue weighted by molar-refractivity contribution is -0.124. The summed E-state index contributed by atoms with van der Waals surface area (Å²) < 4.78 is 5.79. The monoisotopic (exact) mass is 448 g/mol. The Morgan fingerprint density at radius 2 is 1.70 bits per heavy atom. The summed E-state index contributed by atoms with van der Waals surface area (Å²) in [6.07, 6.45) is 1.39. The summed E-state index contributed by atoms with van der Waals surface area (Å²) in [6, 6.07) is 8.96. The molecule has 1 aliphatic heterocycles. The summed E-state index contributed by atoms with van der Waals surface area (Å²) in [5.41, 5.74) is 3.72. The second-order valence-electron chi connectivity index (χ2n) is 7.71. The minimum atomic E-state index is -0.149. The van der Waals surface area contributed by atoms with Crippen LogP contribution in [-0.4, -0.2) is 42.5 Å². The van der Waals surface area contributed by atoms with Crippen molar-refractivity contribution in [2.45, 2.75) is 39.7 Å². The molecule has 30 heavy (non-hydrogen) atoms. The van der Waals surface area contributed by atoms with Gasteiger partial charge in [-0.05, 0) is 68.5 Å². The van der Waals surface area contributed by atoms with Crippen molar-refractivity contribution in [3.05, 3.63) is 62.6 Å². The van der Waals surface area contributed by atoms with Gasteiger partial charge >= 0.3 is 0 Å². The number of nitrogens with one attached hydrogen (secondary N) is 1. The summed E-state index contributed by atoms with van der Waals surface area (Å²) in [5.74, 6) is 0.545. The van der Waals surface area contributed by atoms with Gasteiger partial charge in [-0.3, -0.25) is 9.59 Å². The number of hydrogen-bond donors (Lipinski definition) is 1. The first-order chi connectivity index (χ1) is 14.3. The molecule has 0 aliphatic carbocycles. The van der Waals surface area contributed by atoms with Crippen molar-refractivity contribution in [3.63, 3.8) is 0 Å². The first-order valence-electron chi connectivity index (χ1n) is 9.99. The number of rotatable bonds is 5. The van der Waals surface area contributed by atoms with E-state index in [2.05, 4.69) is 5.32 Å². The molecular formula is C23H26Cl2N2O3. The normalized spacial score (nSPS) is 14.5. The average Bonchev–Trinajstić information content (AvgIpc) is 2.73. The van der Waals surface area contributed by atoms with E-state index in [-0.39, 0.29) is 24.5 Å². The zero-order valence-electron chi connectivity index (χ0n) is 17.4. The first-order valence-corrected chi connectivity index (χ1v) is 10.7. The lowest BCUT2D eigenvalue weighted by Crippen LogP contribution is -2.47. The van der Waals surface area contributed by atoms with Gasteiger partial charge in [-0.1, -0.05) is 35.3 Å². The molecule has 0 unspecified atom stereocenters. The Morgan fingerprint density at radius 3 is 2.37 bits per heavy atom. The van der Waals surface area contributed by atoms with Gasteiger partial charge in [0, 0.05) is 24.7 Å². The number of likely N-dealkylation sites (tertiary alicyclic amines) is 1. The average molecular weight is 449 g/mol. The van der Waals surface area contributed by atoms with Crippen LogP contribution in [0.2, 0.25) is 10.0 Å². The van der Waals surface area contributed by atoms with Gasteiger partial charge in [-0.25, -0.2) is 0 Å². The van der Waals surface area contributed by atoms with E-state index in [0.29, 0.717) is 41.5 Å². The number of aryl methyl sites for hydroxylation is 2. The number of ether oxygens (including phenoxy) is 1. The van der Waals surface area contributed by atoms with Crippen molar-refractivity contribution in [2.75, 3.05) is 19.7 Å². The molecule has 2 aromatic carbocycles. The molecule has 1 heterocycles. The largest absolute Gasteiger partial charge is 0.483 e. The smallest absolute Gasteiger partial charge is 0.258 e. The van der Waals surface area contributed by atoms with Crippen LogP contribution in [0.15, 0.2) is 30.3 Å². The van der Waals surface area contributed by atoms with Crippen LogP contribution in [-0.2, 0) is 4.79 Å². The van der Waals surface area contributed by atoms with E-state index in [9.17, 15) is 9.59 Å². The number of benzene rings is 2. The molecule has 0 radical (unpaired) electrons. The fourth-order valence-corrected chi connectivity index (χ4v) is 3.89. The third-order valence-electron chi connectivity index (χ3n) is 5.54. The number of hydrogen-bond acceptors (Lipinski definition) is 3. The number of piperidine rings is 1. The molecular weight excluding hydrogens is 423 g/mol. The topological polar surface area (TPSA) is 58.6 Å². The van der Waals surface area contributed by atoms with Gasteiger partial charge in [0.1, 0.15) is 5.75 Å². The van der Waals surface area contributed by atoms with Crippen molar-refractivity contribution in [3.8, 4) is 5.75 Å². The fraction of sp³-hybridized carbons (Fsp3) is 0.391. The number of amides is 2. The van der Waals surface area contributed by atoms with Crippen LogP contribution in [0.1, 0.15) is 39.9 Å². The highest BCUT2D eigenvalue weighted by Crippen LogP contribution is 2.26. The second kappa shape index (κ2) is 9.71. The Bertz CT molecular complexity index is 954. The van der Waals surface area contributed by atoms with E-state index in [1.165, 1.54) is 0 Å². The molecule has 0 aromatic heterocycles. The zero-order chi connectivity index (χ0) is 21.8. The number of carbonyl (C=O) groups excluding carboxylic acids is 2. The van der Waals surface area contributed by atoms with E-state index >= 15 is 0 Å². The van der Waals surface area contributed by atoms with Gasteiger partial charge < -0.3 is 15.0 Å². The molecule has 5 nitrogen and oxygen atoms in total. The van der Waals surface area contributed by atoms with E-state index in [4.69, 9.17) is 27.9 Å². The van der Waals surface area contributed by atoms with Crippen LogP contribution in [0, 0.1) is 20.8 Å². The number of nitrogens with zero attached hydrogens (tertiary/aromatic N) is 1. The molecule has 0 saturated carbocycles. The molecule has 1 N–H and O–H groups in total. The Hall–Kier alpha value is -2.24. The highest BCUT2D eigenvalue weighted by Gasteiger charge is 2.25. The standard InChI is InChI=1S/C23H26Cl2N2O3/c1-14-4-5-15(2)22(16(14)3)30-13-21(28)26-18-8-10-27(11-9-18)23(29)17-6-7-19(24)20(25)12-17/h4-7,12,18H,8-11,13H2,1-3H3,(H,26,28). The van der Waals surface area contributed by atoms with Crippen molar-refractivity contribution in [1.82, 2.24) is 10.2 Å². The Morgan fingerprint density at radius 1 is 1.03 bits per heavy atom. The predicted molar refractivity (Wildman–Crippen MR) is 120 cm³/mol. The van der Waals surface area contributed by atoms with Crippen LogP contribution in [0.4, 0.5) is 0 Å². The summed E-state index contributed by atoms with van der Waals surface area (Å²) >= 11 is 11.9. The Kier molecular flexibility index (Phi) is 7.27. The number of carbonyl (C=O) groups is 2. The summed E-state index contributed by atoms with van der Waals surface area (Å²) in [5, 5.41) is 3.81. The molecule has 1 aliphatic rings. The molecule has 1 saturated heterocycles. The van der Waals surface area contributed by atoms with Crippen LogP contribution in [0.5, 0.6) is 5.75 Å². The van der Waals surface area contributed by atoms with E-state index in [1.807, 2.05) is 32.9 Å². The lowest BCUT2D eigenvalue weighted by Gasteiger charge is -2.32. The quantitative estimate of drug-likeness (QED) is 0.719. The minimum absolute atomic E-state index is 0.0203. The molecule has 7 heteroatoms. The van der Waals surface area contributed by atoms with Crippen LogP contribution < -0.4 is 10.1 Å². The van der Waals surface area contributed by atoms with E-state index in [0.717, 1.165) is 22.4 Å². The van der Waals surface area contributed by atoms with Crippen LogP contribution >= 0.6 is 23.2 Å². The fourth-order valence-electron chi connectivity index (χ4n) is 3.59. The minimum Gasteiger partial charge on any atom is -0.483 e. The summed E-state index contributed by atoms with van der Waals surface area (Å²) in [4.78, 5) is 26.8. The van der Waals surface area contributed by atoms with Gasteiger partial charge in [-0.15, -0.1) is 0 Å². The SMILES string of the molecule is Cc1ccc(C)c(OCC(=O)NC2CCN(C(=O)c3ccc(Cl)c(Cl)c3)CC2)c1C. The van der Waals surface area contributed by atoms with E-state index in [1.54, 1.807) is 23.1 Å². The van der Waals surface area contributed by atoms with Gasteiger partial charge in [0.2, 0.25) is 0 Å². The van der Waals surface area contributed by atoms with Crippen molar-refractivity contribution >= 4 is 35.0 Å². The van der Waals surface area contributed by atoms with Gasteiger partial charge in [0.15, 0.2) is 6.61 Å². The maximum atomic E-state index is 12.7. The Labute approximate surface area is 187 Å². The van der Waals surface area contributed by atoms with Crippen LogP contribution in [0.3, 0.4) is 0 Å².